The van der Waals surface area contributed by atoms with Crippen molar-refractivity contribution in [1.82, 2.24) is 0 Å². The van der Waals surface area contributed by atoms with Gasteiger partial charge >= 0.3 is 5.97 Å². The Morgan fingerprint density at radius 3 is 2.75 bits per heavy atom. The largest absolute Gasteiger partial charge is 0.469 e. The number of carbonyl (C=O) groups excluding carboxylic acids is 1. The highest BCUT2D eigenvalue weighted by Crippen LogP contribution is 2.57. The van der Waals surface area contributed by atoms with Crippen LogP contribution < -0.4 is 0 Å². The Morgan fingerprint density at radius 2 is 2.00 bits per heavy atom. The first kappa shape index (κ1) is 13.7. The molecule has 0 spiro atoms. The minimum absolute atomic E-state index is 0.0205. The minimum Gasteiger partial charge on any atom is -0.469 e. The van der Waals surface area contributed by atoms with Gasteiger partial charge in [0, 0.05) is 0 Å². The van der Waals surface area contributed by atoms with Crippen molar-refractivity contribution in [1.29, 1.82) is 0 Å². The van der Waals surface area contributed by atoms with E-state index in [1.165, 1.54) is 24.7 Å². The number of carbonyl (C=O) groups is 1. The van der Waals surface area contributed by atoms with Crippen molar-refractivity contribution in [3.8, 4) is 0 Å². The fourth-order valence-corrected chi connectivity index (χ4v) is 4.91. The van der Waals surface area contributed by atoms with Gasteiger partial charge in [-0.2, -0.15) is 0 Å². The van der Waals surface area contributed by atoms with Crippen LogP contribution in [-0.4, -0.2) is 13.1 Å². The Morgan fingerprint density at radius 1 is 1.25 bits per heavy atom. The van der Waals surface area contributed by atoms with Crippen molar-refractivity contribution in [2.24, 2.45) is 11.3 Å². The molecule has 2 aliphatic rings. The molecule has 1 unspecified atom stereocenters. The number of methoxy groups -OCH3 is 1. The molecule has 1 fully saturated rings. The van der Waals surface area contributed by atoms with Gasteiger partial charge in [-0.25, -0.2) is 0 Å². The van der Waals surface area contributed by atoms with Gasteiger partial charge in [0.1, 0.15) is 0 Å². The van der Waals surface area contributed by atoms with E-state index in [-0.39, 0.29) is 16.8 Å². The van der Waals surface area contributed by atoms with Crippen LogP contribution in [-0.2, 0) is 21.4 Å². The number of esters is 1. The molecule has 0 saturated heterocycles. The number of hydrogen-bond donors (Lipinski definition) is 0. The zero-order chi connectivity index (χ0) is 14.4. The summed E-state index contributed by atoms with van der Waals surface area (Å²) in [4.78, 5) is 12.4. The molecule has 0 bridgehead atoms. The van der Waals surface area contributed by atoms with Crippen molar-refractivity contribution >= 4 is 5.97 Å². The number of rotatable bonds is 1. The van der Waals surface area contributed by atoms with Crippen molar-refractivity contribution in [3.05, 3.63) is 35.4 Å². The van der Waals surface area contributed by atoms with Crippen LogP contribution in [0, 0.1) is 11.3 Å². The van der Waals surface area contributed by atoms with Gasteiger partial charge in [0.2, 0.25) is 0 Å². The van der Waals surface area contributed by atoms with Crippen molar-refractivity contribution < 1.29 is 9.53 Å². The average molecular weight is 272 g/mol. The van der Waals surface area contributed by atoms with Gasteiger partial charge in [0.25, 0.3) is 0 Å². The summed E-state index contributed by atoms with van der Waals surface area (Å²) in [7, 11) is 1.52. The summed E-state index contributed by atoms with van der Waals surface area (Å²) in [5, 5.41) is 0. The lowest BCUT2D eigenvalue weighted by Crippen LogP contribution is -2.52. The first-order valence-electron chi connectivity index (χ1n) is 7.69. The molecule has 0 amide bonds. The summed E-state index contributed by atoms with van der Waals surface area (Å²) >= 11 is 0. The second-order valence-corrected chi connectivity index (χ2v) is 6.93. The Balaban J connectivity index is 2.08. The Labute approximate surface area is 121 Å². The predicted molar refractivity (Wildman–Crippen MR) is 79.6 cm³/mol. The topological polar surface area (TPSA) is 26.3 Å². The Hall–Kier alpha value is -1.31. The number of hydrogen-bond acceptors (Lipinski definition) is 2. The van der Waals surface area contributed by atoms with Gasteiger partial charge in [-0.15, -0.1) is 0 Å². The molecule has 3 atom stereocenters. The summed E-state index contributed by atoms with van der Waals surface area (Å²) in [5.74, 6) is 0.374. The molecule has 2 aliphatic carbocycles. The Kier molecular flexibility index (Phi) is 3.15. The second-order valence-electron chi connectivity index (χ2n) is 6.93. The van der Waals surface area contributed by atoms with Crippen LogP contribution in [0.3, 0.4) is 0 Å². The molecule has 2 nitrogen and oxygen atoms in total. The normalized spacial score (nSPS) is 35.9. The van der Waals surface area contributed by atoms with Crippen LogP contribution in [0.2, 0.25) is 0 Å². The van der Waals surface area contributed by atoms with Gasteiger partial charge in [-0.05, 0) is 55.1 Å². The lowest BCUT2D eigenvalue weighted by Gasteiger charge is -2.54. The first-order chi connectivity index (χ1) is 9.52. The standard InChI is InChI=1S/C18H24O2/c1-17-11-6-12-18(2,16(19)20-3)15(17)10-9-13-7-4-5-8-14(13)17/h4-5,7-8,15H,6,9-12H2,1-3H3/t15?,17-,18-/m1/s1. The van der Waals surface area contributed by atoms with Crippen LogP contribution >= 0.6 is 0 Å². The maximum absolute atomic E-state index is 12.4. The number of aryl methyl sites for hydroxylation is 1. The fourth-order valence-electron chi connectivity index (χ4n) is 4.91. The van der Waals surface area contributed by atoms with E-state index in [1.807, 2.05) is 0 Å². The third kappa shape index (κ3) is 1.73. The number of benzene rings is 1. The molecule has 108 valence electrons. The van der Waals surface area contributed by atoms with E-state index < -0.39 is 0 Å². The average Bonchev–Trinajstić information content (AvgIpc) is 2.46. The molecule has 1 aromatic rings. The molecule has 0 aromatic heterocycles. The molecule has 1 aromatic carbocycles. The minimum atomic E-state index is -0.324. The van der Waals surface area contributed by atoms with Gasteiger partial charge in [0.05, 0.1) is 12.5 Å². The first-order valence-corrected chi connectivity index (χ1v) is 7.69. The molecule has 20 heavy (non-hydrogen) atoms. The molecular formula is C18H24O2. The quantitative estimate of drug-likeness (QED) is 0.725. The maximum atomic E-state index is 12.4. The smallest absolute Gasteiger partial charge is 0.311 e. The maximum Gasteiger partial charge on any atom is 0.311 e. The van der Waals surface area contributed by atoms with Crippen molar-refractivity contribution in [3.63, 3.8) is 0 Å². The third-order valence-corrected chi connectivity index (χ3v) is 5.92. The SMILES string of the molecule is COC(=O)[C@]1(C)CCC[C@]2(C)c3ccccc3CCC12. The summed E-state index contributed by atoms with van der Waals surface area (Å²) < 4.78 is 5.14. The zero-order valence-corrected chi connectivity index (χ0v) is 12.7. The molecule has 0 N–H and O–H groups in total. The van der Waals surface area contributed by atoms with Gasteiger partial charge in [0.15, 0.2) is 0 Å². The second kappa shape index (κ2) is 4.61. The summed E-state index contributed by atoms with van der Waals surface area (Å²) in [6.45, 7) is 4.48. The fraction of sp³-hybridized carbons (Fsp3) is 0.611. The zero-order valence-electron chi connectivity index (χ0n) is 12.7. The molecule has 1 saturated carbocycles. The highest BCUT2D eigenvalue weighted by molar-refractivity contribution is 5.77. The molecule has 0 heterocycles. The lowest BCUT2D eigenvalue weighted by atomic mass is 9.50. The Bertz CT molecular complexity index is 536. The van der Waals surface area contributed by atoms with Crippen LogP contribution in [0.15, 0.2) is 24.3 Å². The van der Waals surface area contributed by atoms with Crippen LogP contribution in [0.25, 0.3) is 0 Å². The summed E-state index contributed by atoms with van der Waals surface area (Å²) in [6, 6.07) is 8.78. The van der Waals surface area contributed by atoms with E-state index in [4.69, 9.17) is 4.74 Å². The molecule has 0 radical (unpaired) electrons. The number of fused-ring (bicyclic) bond motifs is 3. The number of ether oxygens (including phenoxy) is 1. The van der Waals surface area contributed by atoms with E-state index in [0.29, 0.717) is 5.92 Å². The van der Waals surface area contributed by atoms with Crippen molar-refractivity contribution in [2.45, 2.75) is 51.4 Å². The molecule has 2 heteroatoms. The van der Waals surface area contributed by atoms with Gasteiger partial charge in [-0.1, -0.05) is 37.6 Å². The van der Waals surface area contributed by atoms with Crippen LogP contribution in [0.4, 0.5) is 0 Å². The lowest BCUT2D eigenvalue weighted by molar-refractivity contribution is -0.161. The molecule has 3 rings (SSSR count). The van der Waals surface area contributed by atoms with E-state index in [2.05, 4.69) is 38.1 Å². The monoisotopic (exact) mass is 272 g/mol. The van der Waals surface area contributed by atoms with E-state index >= 15 is 0 Å². The molecular weight excluding hydrogens is 248 g/mol. The highest BCUT2D eigenvalue weighted by Gasteiger charge is 2.55. The van der Waals surface area contributed by atoms with E-state index in [1.54, 1.807) is 0 Å². The van der Waals surface area contributed by atoms with E-state index in [9.17, 15) is 4.79 Å². The highest BCUT2D eigenvalue weighted by atomic mass is 16.5. The van der Waals surface area contributed by atoms with E-state index in [0.717, 1.165) is 25.7 Å². The summed E-state index contributed by atoms with van der Waals surface area (Å²) in [5.41, 5.74) is 2.73. The molecule has 0 aliphatic heterocycles. The van der Waals surface area contributed by atoms with Crippen LogP contribution in [0.1, 0.15) is 50.7 Å². The predicted octanol–water partition coefficient (Wildman–Crippen LogP) is 3.87. The third-order valence-electron chi connectivity index (χ3n) is 5.92. The van der Waals surface area contributed by atoms with Gasteiger partial charge in [-0.3, -0.25) is 4.79 Å². The summed E-state index contributed by atoms with van der Waals surface area (Å²) in [6.07, 6.45) is 5.43. The van der Waals surface area contributed by atoms with Crippen LogP contribution in [0.5, 0.6) is 0 Å². The van der Waals surface area contributed by atoms with Crippen molar-refractivity contribution in [2.75, 3.05) is 7.11 Å². The van der Waals surface area contributed by atoms with Gasteiger partial charge < -0.3 is 4.74 Å².